The number of aromatic nitrogens is 2. The van der Waals surface area contributed by atoms with Gasteiger partial charge in [0.05, 0.1) is 5.56 Å². The first kappa shape index (κ1) is 20.0. The summed E-state index contributed by atoms with van der Waals surface area (Å²) in [5.41, 5.74) is 2.73. The van der Waals surface area contributed by atoms with Crippen LogP contribution in [0, 0.1) is 0 Å². The van der Waals surface area contributed by atoms with Crippen molar-refractivity contribution in [1.82, 2.24) is 14.9 Å². The van der Waals surface area contributed by atoms with Crippen molar-refractivity contribution in [3.05, 3.63) is 78.0 Å². The number of piperidine rings is 1. The number of hydrogen-bond acceptors (Lipinski definition) is 6. The van der Waals surface area contributed by atoms with E-state index in [-0.39, 0.29) is 5.78 Å². The summed E-state index contributed by atoms with van der Waals surface area (Å²) in [6.45, 7) is 4.59. The summed E-state index contributed by atoms with van der Waals surface area (Å²) in [6.07, 6.45) is 3.67. The van der Waals surface area contributed by atoms with Gasteiger partial charge in [0.25, 0.3) is 0 Å². The van der Waals surface area contributed by atoms with Gasteiger partial charge in [-0.1, -0.05) is 48.5 Å². The van der Waals surface area contributed by atoms with Crippen LogP contribution in [0.5, 0.6) is 0 Å². The van der Waals surface area contributed by atoms with E-state index in [9.17, 15) is 4.79 Å². The molecule has 0 radical (unpaired) electrons. The first-order valence-corrected chi connectivity index (χ1v) is 10.4. The quantitative estimate of drug-likeness (QED) is 0.568. The molecule has 1 fully saturated rings. The fraction of sp³-hybridized carbons (Fsp3) is 0.292. The Balaban J connectivity index is 1.39. The Kier molecular flexibility index (Phi) is 6.35. The molecule has 1 aliphatic rings. The van der Waals surface area contributed by atoms with Crippen molar-refractivity contribution >= 4 is 23.2 Å². The van der Waals surface area contributed by atoms with Crippen LogP contribution < -0.4 is 10.6 Å². The molecule has 0 aliphatic carbocycles. The summed E-state index contributed by atoms with van der Waals surface area (Å²) in [4.78, 5) is 23.5. The minimum atomic E-state index is -0.0609. The van der Waals surface area contributed by atoms with Crippen molar-refractivity contribution in [2.45, 2.75) is 32.4 Å². The maximum Gasteiger partial charge on any atom is 0.224 e. The van der Waals surface area contributed by atoms with Crippen molar-refractivity contribution in [1.29, 1.82) is 0 Å². The number of likely N-dealkylation sites (tertiary alicyclic amines) is 1. The van der Waals surface area contributed by atoms with Crippen LogP contribution in [0.2, 0.25) is 0 Å². The Morgan fingerprint density at radius 3 is 2.37 bits per heavy atom. The number of benzene rings is 2. The number of rotatable bonds is 7. The highest BCUT2D eigenvalue weighted by atomic mass is 16.1. The molecule has 2 N–H and O–H groups in total. The first-order chi connectivity index (χ1) is 14.7. The van der Waals surface area contributed by atoms with Gasteiger partial charge >= 0.3 is 0 Å². The van der Waals surface area contributed by atoms with E-state index in [4.69, 9.17) is 0 Å². The van der Waals surface area contributed by atoms with E-state index in [1.165, 1.54) is 12.5 Å². The average Bonchev–Trinajstić information content (AvgIpc) is 2.77. The predicted octanol–water partition coefficient (Wildman–Crippen LogP) is 4.50. The van der Waals surface area contributed by atoms with Gasteiger partial charge in [-0.2, -0.15) is 4.98 Å². The van der Waals surface area contributed by atoms with Gasteiger partial charge in [0.2, 0.25) is 5.95 Å². The fourth-order valence-electron chi connectivity index (χ4n) is 3.72. The van der Waals surface area contributed by atoms with E-state index in [1.807, 2.05) is 30.3 Å². The normalized spacial score (nSPS) is 15.0. The number of nitrogens with one attached hydrogen (secondary N) is 2. The van der Waals surface area contributed by atoms with Gasteiger partial charge in [-0.15, -0.1) is 0 Å². The van der Waals surface area contributed by atoms with E-state index in [0.29, 0.717) is 23.4 Å². The summed E-state index contributed by atoms with van der Waals surface area (Å²) in [5.74, 6) is 1.03. The summed E-state index contributed by atoms with van der Waals surface area (Å²) in [6, 6.07) is 20.6. The lowest BCUT2D eigenvalue weighted by atomic mass is 10.0. The lowest BCUT2D eigenvalue weighted by molar-refractivity contribution is 0.101. The summed E-state index contributed by atoms with van der Waals surface area (Å²) >= 11 is 0. The van der Waals surface area contributed by atoms with Gasteiger partial charge in [0.15, 0.2) is 5.78 Å². The second-order valence-corrected chi connectivity index (χ2v) is 7.68. The van der Waals surface area contributed by atoms with E-state index < -0.39 is 0 Å². The smallest absolute Gasteiger partial charge is 0.224 e. The van der Waals surface area contributed by atoms with Crippen LogP contribution in [0.15, 0.2) is 66.9 Å². The molecule has 6 heteroatoms. The molecule has 1 aliphatic heterocycles. The van der Waals surface area contributed by atoms with Gasteiger partial charge in [0.1, 0.15) is 5.82 Å². The van der Waals surface area contributed by atoms with Gasteiger partial charge in [0, 0.05) is 37.6 Å². The molecule has 0 unspecified atom stereocenters. The number of carbonyl (C=O) groups is 1. The third kappa shape index (κ3) is 5.21. The number of ketones is 1. The predicted molar refractivity (Wildman–Crippen MR) is 120 cm³/mol. The highest BCUT2D eigenvalue weighted by Crippen LogP contribution is 2.22. The van der Waals surface area contributed by atoms with E-state index in [2.05, 4.69) is 55.8 Å². The molecule has 30 heavy (non-hydrogen) atoms. The zero-order valence-corrected chi connectivity index (χ0v) is 17.2. The molecule has 2 heterocycles. The molecule has 4 rings (SSSR count). The van der Waals surface area contributed by atoms with Crippen LogP contribution in [0.3, 0.4) is 0 Å². The number of anilines is 3. The maximum absolute atomic E-state index is 12.0. The molecule has 0 spiro atoms. The van der Waals surface area contributed by atoms with Crippen molar-refractivity contribution in [2.24, 2.45) is 0 Å². The maximum atomic E-state index is 12.0. The van der Waals surface area contributed by atoms with Gasteiger partial charge in [-0.05, 0) is 37.5 Å². The van der Waals surface area contributed by atoms with Gasteiger partial charge < -0.3 is 10.6 Å². The number of nitrogens with zero attached hydrogens (tertiary/aromatic N) is 3. The fourth-order valence-corrected chi connectivity index (χ4v) is 3.72. The zero-order chi connectivity index (χ0) is 20.8. The lowest BCUT2D eigenvalue weighted by Crippen LogP contribution is -2.39. The second-order valence-electron chi connectivity index (χ2n) is 7.68. The van der Waals surface area contributed by atoms with E-state index >= 15 is 0 Å². The van der Waals surface area contributed by atoms with E-state index in [1.54, 1.807) is 6.20 Å². The third-order valence-corrected chi connectivity index (χ3v) is 5.37. The Morgan fingerprint density at radius 2 is 1.70 bits per heavy atom. The van der Waals surface area contributed by atoms with Crippen LogP contribution in [0.25, 0.3) is 0 Å². The van der Waals surface area contributed by atoms with Crippen LogP contribution >= 0.6 is 0 Å². The third-order valence-electron chi connectivity index (χ3n) is 5.37. The largest absolute Gasteiger partial charge is 0.351 e. The minimum Gasteiger partial charge on any atom is -0.351 e. The van der Waals surface area contributed by atoms with Crippen LogP contribution in [-0.2, 0) is 6.54 Å². The summed E-state index contributed by atoms with van der Waals surface area (Å²) in [7, 11) is 0. The van der Waals surface area contributed by atoms with Crippen molar-refractivity contribution in [3.63, 3.8) is 0 Å². The second kappa shape index (κ2) is 9.50. The van der Waals surface area contributed by atoms with Crippen molar-refractivity contribution < 1.29 is 4.79 Å². The molecule has 0 saturated carbocycles. The summed E-state index contributed by atoms with van der Waals surface area (Å²) in [5, 5.41) is 6.70. The van der Waals surface area contributed by atoms with Crippen LogP contribution in [0.1, 0.15) is 35.7 Å². The zero-order valence-electron chi connectivity index (χ0n) is 17.2. The average molecular weight is 402 g/mol. The monoisotopic (exact) mass is 401 g/mol. The van der Waals surface area contributed by atoms with Gasteiger partial charge in [-0.3, -0.25) is 9.69 Å². The van der Waals surface area contributed by atoms with Crippen LogP contribution in [-0.4, -0.2) is 39.8 Å². The van der Waals surface area contributed by atoms with Crippen LogP contribution in [0.4, 0.5) is 17.5 Å². The Hall–Kier alpha value is -3.25. The van der Waals surface area contributed by atoms with Crippen molar-refractivity contribution in [2.75, 3.05) is 23.7 Å². The number of carbonyl (C=O) groups excluding carboxylic acids is 1. The molecule has 0 bridgehead atoms. The standard InChI is InChI=1S/C24H27N5O/c1-18(30)22-16-25-24(28-23(22)26-20-10-6-3-7-11-20)27-21-12-14-29(15-13-21)17-19-8-4-2-5-9-19/h2-11,16,21H,12-15,17H2,1H3,(H2,25,26,27,28). The molecular weight excluding hydrogens is 374 g/mol. The molecular formula is C24H27N5O. The minimum absolute atomic E-state index is 0.0609. The molecule has 1 aromatic heterocycles. The van der Waals surface area contributed by atoms with Crippen molar-refractivity contribution in [3.8, 4) is 0 Å². The molecule has 0 atom stereocenters. The number of para-hydroxylation sites is 1. The van der Waals surface area contributed by atoms with Gasteiger partial charge in [-0.25, -0.2) is 4.98 Å². The SMILES string of the molecule is CC(=O)c1cnc(NC2CCN(Cc3ccccc3)CC2)nc1Nc1ccccc1. The molecule has 0 amide bonds. The Bertz CT molecular complexity index is 969. The lowest BCUT2D eigenvalue weighted by Gasteiger charge is -2.32. The number of Topliss-reactive ketones (excluding diaryl/α,β-unsaturated/α-hetero) is 1. The van der Waals surface area contributed by atoms with E-state index in [0.717, 1.165) is 38.2 Å². The highest BCUT2D eigenvalue weighted by molar-refractivity contribution is 5.99. The number of hydrogen-bond donors (Lipinski definition) is 2. The molecule has 6 nitrogen and oxygen atoms in total. The topological polar surface area (TPSA) is 70.2 Å². The molecule has 3 aromatic rings. The first-order valence-electron chi connectivity index (χ1n) is 10.4. The molecule has 2 aromatic carbocycles. The Morgan fingerprint density at radius 1 is 1.03 bits per heavy atom. The molecule has 1 saturated heterocycles. The molecule has 154 valence electrons. The highest BCUT2D eigenvalue weighted by Gasteiger charge is 2.20. The summed E-state index contributed by atoms with van der Waals surface area (Å²) < 4.78 is 0. The Labute approximate surface area is 177 Å².